The van der Waals surface area contributed by atoms with Gasteiger partial charge in [0, 0.05) is 38.3 Å². The van der Waals surface area contributed by atoms with Crippen LogP contribution >= 0.6 is 0 Å². The Morgan fingerprint density at radius 1 is 0.950 bits per heavy atom. The van der Waals surface area contributed by atoms with Crippen LogP contribution < -0.4 is 5.32 Å². The van der Waals surface area contributed by atoms with Crippen molar-refractivity contribution in [3.63, 3.8) is 0 Å². The second-order valence-corrected chi connectivity index (χ2v) is 6.45. The molecule has 20 heavy (non-hydrogen) atoms. The molecule has 0 saturated carbocycles. The summed E-state index contributed by atoms with van der Waals surface area (Å²) in [7, 11) is 0. The summed E-state index contributed by atoms with van der Waals surface area (Å²) in [5.41, 5.74) is 0. The highest BCUT2D eigenvalue weighted by Gasteiger charge is 2.43. The van der Waals surface area contributed by atoms with Crippen molar-refractivity contribution in [2.75, 3.05) is 39.3 Å². The second-order valence-electron chi connectivity index (χ2n) is 6.45. The predicted molar refractivity (Wildman–Crippen MR) is 71.6 cm³/mol. The topological polar surface area (TPSA) is 18.5 Å². The van der Waals surface area contributed by atoms with Crippen LogP contribution in [-0.2, 0) is 0 Å². The van der Waals surface area contributed by atoms with Gasteiger partial charge in [-0.15, -0.1) is 0 Å². The normalized spacial score (nSPS) is 37.6. The summed E-state index contributed by atoms with van der Waals surface area (Å²) in [5, 5.41) is 2.95. The van der Waals surface area contributed by atoms with Gasteiger partial charge in [-0.2, -0.15) is 13.2 Å². The van der Waals surface area contributed by atoms with Crippen LogP contribution in [0, 0.1) is 5.92 Å². The molecule has 3 aliphatic heterocycles. The van der Waals surface area contributed by atoms with Crippen LogP contribution in [0.2, 0.25) is 0 Å². The van der Waals surface area contributed by atoms with Gasteiger partial charge in [-0.25, -0.2) is 0 Å². The molecule has 116 valence electrons. The molecule has 0 aromatic carbocycles. The van der Waals surface area contributed by atoms with Crippen molar-refractivity contribution in [1.82, 2.24) is 15.1 Å². The lowest BCUT2D eigenvalue weighted by molar-refractivity contribution is -0.177. The highest BCUT2D eigenvalue weighted by molar-refractivity contribution is 4.92. The van der Waals surface area contributed by atoms with E-state index < -0.39 is 12.1 Å². The van der Waals surface area contributed by atoms with Crippen LogP contribution in [0.25, 0.3) is 0 Å². The molecule has 3 rings (SSSR count). The largest absolute Gasteiger partial charge is 0.394 e. The minimum Gasteiger partial charge on any atom is -0.315 e. The SMILES string of the molecule is FC(F)(F)C1CNCCN(C2CCN3CCCC3C2)C1. The van der Waals surface area contributed by atoms with Gasteiger partial charge in [-0.05, 0) is 38.8 Å². The lowest BCUT2D eigenvalue weighted by Crippen LogP contribution is -2.50. The van der Waals surface area contributed by atoms with Crippen LogP contribution in [0.4, 0.5) is 13.2 Å². The maximum Gasteiger partial charge on any atom is 0.394 e. The molecule has 3 atom stereocenters. The molecule has 3 saturated heterocycles. The first-order valence-electron chi connectivity index (χ1n) is 7.79. The summed E-state index contributed by atoms with van der Waals surface area (Å²) in [4.78, 5) is 4.63. The van der Waals surface area contributed by atoms with Gasteiger partial charge < -0.3 is 10.2 Å². The van der Waals surface area contributed by atoms with Gasteiger partial charge in [0.2, 0.25) is 0 Å². The van der Waals surface area contributed by atoms with Crippen LogP contribution in [-0.4, -0.2) is 67.3 Å². The number of alkyl halides is 3. The molecule has 1 N–H and O–H groups in total. The van der Waals surface area contributed by atoms with E-state index in [2.05, 4.69) is 15.1 Å². The molecule has 3 fully saturated rings. The molecule has 0 bridgehead atoms. The molecule has 0 spiro atoms. The first-order valence-corrected chi connectivity index (χ1v) is 7.79. The van der Waals surface area contributed by atoms with Crippen LogP contribution in [0.3, 0.4) is 0 Å². The molecule has 3 unspecified atom stereocenters. The van der Waals surface area contributed by atoms with Gasteiger partial charge in [0.05, 0.1) is 5.92 Å². The van der Waals surface area contributed by atoms with Gasteiger partial charge in [0.25, 0.3) is 0 Å². The fourth-order valence-electron chi connectivity index (χ4n) is 4.02. The van der Waals surface area contributed by atoms with E-state index in [9.17, 15) is 13.2 Å². The summed E-state index contributed by atoms with van der Waals surface area (Å²) in [6.07, 6.45) is 0.491. The summed E-state index contributed by atoms with van der Waals surface area (Å²) in [6, 6.07) is 0.966. The van der Waals surface area contributed by atoms with E-state index in [-0.39, 0.29) is 13.1 Å². The molecular weight excluding hydrogens is 267 g/mol. The molecule has 3 nitrogen and oxygen atoms in total. The Kier molecular flexibility index (Phi) is 4.24. The van der Waals surface area contributed by atoms with Crippen molar-refractivity contribution in [3.8, 4) is 0 Å². The molecule has 6 heteroatoms. The summed E-state index contributed by atoms with van der Waals surface area (Å²) in [5.74, 6) is -1.22. The van der Waals surface area contributed by atoms with Gasteiger partial charge in [-0.1, -0.05) is 0 Å². The number of hydrogen-bond donors (Lipinski definition) is 1. The molecule has 0 aromatic rings. The molecule has 0 aliphatic carbocycles. The third kappa shape index (κ3) is 3.12. The number of halogens is 3. The molecular formula is C14H24F3N3. The molecule has 0 amide bonds. The van der Waals surface area contributed by atoms with Gasteiger partial charge in [0.15, 0.2) is 0 Å². The average Bonchev–Trinajstić information content (AvgIpc) is 2.70. The van der Waals surface area contributed by atoms with Gasteiger partial charge in [-0.3, -0.25) is 4.90 Å². The zero-order valence-electron chi connectivity index (χ0n) is 11.8. The van der Waals surface area contributed by atoms with Crippen LogP contribution in [0.15, 0.2) is 0 Å². The zero-order chi connectivity index (χ0) is 14.2. The Balaban J connectivity index is 1.63. The Bertz CT molecular complexity index is 334. The minimum absolute atomic E-state index is 0.0717. The van der Waals surface area contributed by atoms with Crippen molar-refractivity contribution in [3.05, 3.63) is 0 Å². The predicted octanol–water partition coefficient (Wildman–Crippen LogP) is 1.70. The van der Waals surface area contributed by atoms with Crippen molar-refractivity contribution in [2.24, 2.45) is 5.92 Å². The van der Waals surface area contributed by atoms with Crippen LogP contribution in [0.1, 0.15) is 25.7 Å². The fourth-order valence-corrected chi connectivity index (χ4v) is 4.02. The zero-order valence-corrected chi connectivity index (χ0v) is 11.8. The Morgan fingerprint density at radius 3 is 2.55 bits per heavy atom. The Hall–Kier alpha value is -0.330. The van der Waals surface area contributed by atoms with Crippen LogP contribution in [0.5, 0.6) is 0 Å². The van der Waals surface area contributed by atoms with E-state index in [0.29, 0.717) is 18.6 Å². The molecule has 3 aliphatic rings. The van der Waals surface area contributed by atoms with E-state index in [1.165, 1.54) is 19.4 Å². The van der Waals surface area contributed by atoms with Gasteiger partial charge >= 0.3 is 6.18 Å². The lowest BCUT2D eigenvalue weighted by Gasteiger charge is -2.41. The molecule has 0 radical (unpaired) electrons. The van der Waals surface area contributed by atoms with Crippen molar-refractivity contribution < 1.29 is 13.2 Å². The van der Waals surface area contributed by atoms with Crippen molar-refractivity contribution >= 4 is 0 Å². The maximum absolute atomic E-state index is 13.0. The number of rotatable bonds is 1. The number of piperidine rings is 1. The monoisotopic (exact) mass is 291 g/mol. The van der Waals surface area contributed by atoms with E-state index in [1.807, 2.05) is 0 Å². The van der Waals surface area contributed by atoms with Crippen molar-refractivity contribution in [2.45, 2.75) is 43.9 Å². The minimum atomic E-state index is -4.08. The summed E-state index contributed by atoms with van der Waals surface area (Å²) < 4.78 is 39.0. The quantitative estimate of drug-likeness (QED) is 0.793. The van der Waals surface area contributed by atoms with E-state index in [1.54, 1.807) is 0 Å². The average molecular weight is 291 g/mol. The van der Waals surface area contributed by atoms with Gasteiger partial charge in [0.1, 0.15) is 0 Å². The van der Waals surface area contributed by atoms with E-state index in [4.69, 9.17) is 0 Å². The first-order chi connectivity index (χ1) is 9.54. The first kappa shape index (κ1) is 14.6. The summed E-state index contributed by atoms with van der Waals surface area (Å²) >= 11 is 0. The van der Waals surface area contributed by atoms with Crippen molar-refractivity contribution in [1.29, 1.82) is 0 Å². The Morgan fingerprint density at radius 2 is 1.75 bits per heavy atom. The smallest absolute Gasteiger partial charge is 0.315 e. The highest BCUT2D eigenvalue weighted by atomic mass is 19.4. The Labute approximate surface area is 118 Å². The number of nitrogens with zero attached hydrogens (tertiary/aromatic N) is 2. The second kappa shape index (κ2) is 5.81. The molecule has 3 heterocycles. The van der Waals surface area contributed by atoms with E-state index >= 15 is 0 Å². The summed E-state index contributed by atoms with van der Waals surface area (Å²) in [6.45, 7) is 3.93. The number of fused-ring (bicyclic) bond motifs is 1. The fraction of sp³-hybridized carbons (Fsp3) is 1.00. The standard InChI is InChI=1S/C14H24F3N3/c15-14(16,17)11-9-18-4-7-20(10-11)13-3-6-19-5-1-2-12(19)8-13/h11-13,18H,1-10H2. The number of hydrogen-bond acceptors (Lipinski definition) is 3. The third-order valence-corrected chi connectivity index (χ3v) is 5.19. The lowest BCUT2D eigenvalue weighted by atomic mass is 9.95. The van der Waals surface area contributed by atoms with E-state index in [0.717, 1.165) is 25.9 Å². The maximum atomic E-state index is 13.0. The highest BCUT2D eigenvalue weighted by Crippen LogP contribution is 2.32. The number of nitrogens with one attached hydrogen (secondary N) is 1. The molecule has 0 aromatic heterocycles. The third-order valence-electron chi connectivity index (χ3n) is 5.19.